The number of rotatable bonds is 5. The number of nitrogens with one attached hydrogen (secondary N) is 1. The van der Waals surface area contributed by atoms with Gasteiger partial charge in [-0.3, -0.25) is 0 Å². The monoisotopic (exact) mass is 203 g/mol. The molecule has 0 aliphatic carbocycles. The van der Waals surface area contributed by atoms with Gasteiger partial charge in [-0.15, -0.1) is 0 Å². The fourth-order valence-corrected chi connectivity index (χ4v) is 1.69. The summed E-state index contributed by atoms with van der Waals surface area (Å²) in [6, 6.07) is 8.16. The molecule has 0 unspecified atom stereocenters. The van der Waals surface area contributed by atoms with E-state index in [-0.39, 0.29) is 0 Å². The molecule has 2 rings (SSSR count). The summed E-state index contributed by atoms with van der Waals surface area (Å²) in [5, 5.41) is 4.64. The number of fused-ring (bicyclic) bond motifs is 1. The number of hydrogen-bond acceptors (Lipinski definition) is 2. The van der Waals surface area contributed by atoms with Crippen molar-refractivity contribution in [2.24, 2.45) is 0 Å². The predicted molar refractivity (Wildman–Crippen MR) is 62.8 cm³/mol. The molecule has 0 saturated heterocycles. The average Bonchev–Trinajstić information content (AvgIpc) is 2.68. The Balaban J connectivity index is 2.02. The first-order valence-electron chi connectivity index (χ1n) is 5.57. The third-order valence-corrected chi connectivity index (χ3v) is 2.58. The summed E-state index contributed by atoms with van der Waals surface area (Å²) in [5.41, 5.74) is 2.23. The van der Waals surface area contributed by atoms with Crippen LogP contribution in [0.4, 0.5) is 0 Å². The number of para-hydroxylation sites is 1. The lowest BCUT2D eigenvalue weighted by Crippen LogP contribution is -2.13. The van der Waals surface area contributed by atoms with Crippen LogP contribution >= 0.6 is 0 Å². The van der Waals surface area contributed by atoms with Crippen LogP contribution in [-0.2, 0) is 6.54 Å². The Hall–Kier alpha value is -1.28. The van der Waals surface area contributed by atoms with Crippen LogP contribution in [0, 0.1) is 0 Å². The second-order valence-corrected chi connectivity index (χ2v) is 3.79. The van der Waals surface area contributed by atoms with Crippen molar-refractivity contribution in [3.8, 4) is 0 Å². The maximum absolute atomic E-state index is 5.47. The molecule has 0 amide bonds. The minimum Gasteiger partial charge on any atom is -0.464 e. The zero-order chi connectivity index (χ0) is 10.5. The summed E-state index contributed by atoms with van der Waals surface area (Å²) in [6.45, 7) is 4.18. The second kappa shape index (κ2) is 4.99. The van der Waals surface area contributed by atoms with Crippen molar-refractivity contribution in [1.82, 2.24) is 5.32 Å². The molecular weight excluding hydrogens is 186 g/mol. The molecule has 1 N–H and O–H groups in total. The van der Waals surface area contributed by atoms with Crippen LogP contribution in [0.1, 0.15) is 25.3 Å². The molecule has 0 aliphatic heterocycles. The second-order valence-electron chi connectivity index (χ2n) is 3.79. The number of benzene rings is 1. The minimum atomic E-state index is 0.900. The van der Waals surface area contributed by atoms with E-state index in [1.54, 1.807) is 0 Å². The maximum atomic E-state index is 5.47. The standard InChI is InChI=1S/C13H17NO/c1-2-3-8-14-9-11-10-15-13-7-5-4-6-12(11)13/h4-7,10,14H,2-3,8-9H2,1H3. The molecule has 0 aliphatic rings. The Morgan fingerprint density at radius 2 is 2.13 bits per heavy atom. The smallest absolute Gasteiger partial charge is 0.134 e. The molecule has 0 saturated carbocycles. The van der Waals surface area contributed by atoms with E-state index in [0.29, 0.717) is 0 Å². The van der Waals surface area contributed by atoms with Gasteiger partial charge < -0.3 is 9.73 Å². The Bertz CT molecular complexity index is 419. The molecule has 2 heteroatoms. The Morgan fingerprint density at radius 1 is 1.27 bits per heavy atom. The fraction of sp³-hybridized carbons (Fsp3) is 0.385. The molecule has 1 heterocycles. The Kier molecular flexibility index (Phi) is 3.41. The van der Waals surface area contributed by atoms with E-state index >= 15 is 0 Å². The van der Waals surface area contributed by atoms with Crippen molar-refractivity contribution >= 4 is 11.0 Å². The molecule has 80 valence electrons. The van der Waals surface area contributed by atoms with E-state index in [4.69, 9.17) is 4.42 Å². The fourth-order valence-electron chi connectivity index (χ4n) is 1.69. The van der Waals surface area contributed by atoms with Gasteiger partial charge >= 0.3 is 0 Å². The molecule has 15 heavy (non-hydrogen) atoms. The zero-order valence-corrected chi connectivity index (χ0v) is 9.12. The summed E-state index contributed by atoms with van der Waals surface area (Å²) in [7, 11) is 0. The van der Waals surface area contributed by atoms with Gasteiger partial charge in [0.25, 0.3) is 0 Å². The molecule has 1 aromatic heterocycles. The van der Waals surface area contributed by atoms with Crippen molar-refractivity contribution in [3.05, 3.63) is 36.1 Å². The van der Waals surface area contributed by atoms with Crippen LogP contribution in [0.3, 0.4) is 0 Å². The van der Waals surface area contributed by atoms with Crippen molar-refractivity contribution < 1.29 is 4.42 Å². The van der Waals surface area contributed by atoms with E-state index in [1.807, 2.05) is 24.5 Å². The maximum Gasteiger partial charge on any atom is 0.134 e. The highest BCUT2D eigenvalue weighted by Gasteiger charge is 2.03. The van der Waals surface area contributed by atoms with Gasteiger partial charge in [0.2, 0.25) is 0 Å². The van der Waals surface area contributed by atoms with Gasteiger partial charge in [0, 0.05) is 17.5 Å². The molecule has 0 atom stereocenters. The van der Waals surface area contributed by atoms with Gasteiger partial charge in [-0.1, -0.05) is 31.5 Å². The molecule has 2 aromatic rings. The summed E-state index contributed by atoms with van der Waals surface area (Å²) in [6.07, 6.45) is 4.32. The van der Waals surface area contributed by atoms with Crippen LogP contribution in [0.5, 0.6) is 0 Å². The Labute approximate surface area is 90.3 Å². The lowest BCUT2D eigenvalue weighted by atomic mass is 10.2. The predicted octanol–water partition coefficient (Wildman–Crippen LogP) is 3.32. The van der Waals surface area contributed by atoms with Crippen LogP contribution < -0.4 is 5.32 Å². The number of unbranched alkanes of at least 4 members (excludes halogenated alkanes) is 1. The van der Waals surface area contributed by atoms with E-state index in [9.17, 15) is 0 Å². The van der Waals surface area contributed by atoms with E-state index < -0.39 is 0 Å². The van der Waals surface area contributed by atoms with Gasteiger partial charge in [0.15, 0.2) is 0 Å². The number of hydrogen-bond donors (Lipinski definition) is 1. The highest BCUT2D eigenvalue weighted by molar-refractivity contribution is 5.80. The third-order valence-electron chi connectivity index (χ3n) is 2.58. The lowest BCUT2D eigenvalue weighted by Gasteiger charge is -2.01. The van der Waals surface area contributed by atoms with Gasteiger partial charge in [0.05, 0.1) is 6.26 Å². The third kappa shape index (κ3) is 2.39. The average molecular weight is 203 g/mol. The van der Waals surface area contributed by atoms with Gasteiger partial charge in [-0.05, 0) is 19.0 Å². The molecule has 0 fully saturated rings. The molecule has 0 bridgehead atoms. The van der Waals surface area contributed by atoms with Crippen molar-refractivity contribution in [2.45, 2.75) is 26.3 Å². The van der Waals surface area contributed by atoms with E-state index in [0.717, 1.165) is 18.7 Å². The quantitative estimate of drug-likeness (QED) is 0.754. The van der Waals surface area contributed by atoms with Crippen LogP contribution in [0.25, 0.3) is 11.0 Å². The van der Waals surface area contributed by atoms with Crippen LogP contribution in [0.15, 0.2) is 34.9 Å². The minimum absolute atomic E-state index is 0.900. The largest absolute Gasteiger partial charge is 0.464 e. The SMILES string of the molecule is CCCCNCc1coc2ccccc12. The van der Waals surface area contributed by atoms with Gasteiger partial charge in [-0.2, -0.15) is 0 Å². The van der Waals surface area contributed by atoms with Crippen molar-refractivity contribution in [3.63, 3.8) is 0 Å². The highest BCUT2D eigenvalue weighted by atomic mass is 16.3. The topological polar surface area (TPSA) is 25.2 Å². The van der Waals surface area contributed by atoms with Gasteiger partial charge in [0.1, 0.15) is 5.58 Å². The first-order chi connectivity index (χ1) is 7.42. The highest BCUT2D eigenvalue weighted by Crippen LogP contribution is 2.20. The molecule has 0 spiro atoms. The molecular formula is C13H17NO. The summed E-state index contributed by atoms with van der Waals surface area (Å²) in [4.78, 5) is 0. The summed E-state index contributed by atoms with van der Waals surface area (Å²) >= 11 is 0. The summed E-state index contributed by atoms with van der Waals surface area (Å²) in [5.74, 6) is 0. The van der Waals surface area contributed by atoms with Crippen LogP contribution in [0.2, 0.25) is 0 Å². The van der Waals surface area contributed by atoms with E-state index in [1.165, 1.54) is 23.8 Å². The van der Waals surface area contributed by atoms with Crippen LogP contribution in [-0.4, -0.2) is 6.54 Å². The lowest BCUT2D eigenvalue weighted by molar-refractivity contribution is 0.597. The zero-order valence-electron chi connectivity index (χ0n) is 9.12. The van der Waals surface area contributed by atoms with Crippen molar-refractivity contribution in [2.75, 3.05) is 6.54 Å². The van der Waals surface area contributed by atoms with Gasteiger partial charge in [-0.25, -0.2) is 0 Å². The molecule has 0 radical (unpaired) electrons. The van der Waals surface area contributed by atoms with E-state index in [2.05, 4.69) is 18.3 Å². The molecule has 1 aromatic carbocycles. The molecule has 2 nitrogen and oxygen atoms in total. The van der Waals surface area contributed by atoms with Crippen molar-refractivity contribution in [1.29, 1.82) is 0 Å². The normalized spacial score (nSPS) is 11.0. The summed E-state index contributed by atoms with van der Waals surface area (Å²) < 4.78 is 5.47. The first-order valence-corrected chi connectivity index (χ1v) is 5.57. The Morgan fingerprint density at radius 3 is 3.00 bits per heavy atom. The first kappa shape index (κ1) is 10.2. The number of furan rings is 1.